The Bertz CT molecular complexity index is 243. The first kappa shape index (κ1) is 16.5. The molecule has 112 valence electrons. The van der Waals surface area contributed by atoms with Gasteiger partial charge in [0.2, 0.25) is 5.91 Å². The molecule has 19 heavy (non-hydrogen) atoms. The van der Waals surface area contributed by atoms with Crippen molar-refractivity contribution >= 4 is 5.91 Å². The summed E-state index contributed by atoms with van der Waals surface area (Å²) in [5, 5.41) is 0. The third-order valence-corrected chi connectivity index (χ3v) is 4.34. The maximum atomic E-state index is 12.3. The summed E-state index contributed by atoms with van der Waals surface area (Å²) in [5.74, 6) is 0.669. The van der Waals surface area contributed by atoms with Crippen LogP contribution in [0, 0.1) is 5.92 Å². The molecular formula is C16H32N2O. The Morgan fingerprint density at radius 2 is 1.68 bits per heavy atom. The van der Waals surface area contributed by atoms with Gasteiger partial charge in [0.1, 0.15) is 0 Å². The van der Waals surface area contributed by atoms with Gasteiger partial charge in [-0.25, -0.2) is 0 Å². The minimum atomic E-state index is 0.284. The third-order valence-electron chi connectivity index (χ3n) is 4.34. The van der Waals surface area contributed by atoms with Crippen LogP contribution in [-0.2, 0) is 4.79 Å². The van der Waals surface area contributed by atoms with E-state index in [1.807, 2.05) is 4.90 Å². The van der Waals surface area contributed by atoms with E-state index in [9.17, 15) is 4.79 Å². The van der Waals surface area contributed by atoms with Crippen molar-refractivity contribution in [3.05, 3.63) is 0 Å². The second-order valence-corrected chi connectivity index (χ2v) is 5.69. The normalized spacial score (nSPS) is 17.6. The molecule has 0 aliphatic carbocycles. The number of nitrogens with zero attached hydrogens (tertiary/aromatic N) is 2. The number of amides is 1. The quantitative estimate of drug-likeness (QED) is 0.631. The van der Waals surface area contributed by atoms with E-state index in [2.05, 4.69) is 25.7 Å². The Morgan fingerprint density at radius 3 is 2.21 bits per heavy atom. The van der Waals surface area contributed by atoms with Crippen molar-refractivity contribution in [1.29, 1.82) is 0 Å². The first-order valence-corrected chi connectivity index (χ1v) is 8.24. The van der Waals surface area contributed by atoms with E-state index in [0.717, 1.165) is 39.0 Å². The van der Waals surface area contributed by atoms with Crippen molar-refractivity contribution in [2.24, 2.45) is 5.92 Å². The average molecular weight is 268 g/mol. The second-order valence-electron chi connectivity index (χ2n) is 5.69. The Kier molecular flexibility index (Phi) is 8.11. The molecule has 0 bridgehead atoms. The monoisotopic (exact) mass is 268 g/mol. The lowest BCUT2D eigenvalue weighted by atomic mass is 9.95. The molecule has 0 aromatic carbocycles. The number of piperidine rings is 1. The first-order valence-electron chi connectivity index (χ1n) is 8.24. The highest BCUT2D eigenvalue weighted by Gasteiger charge is 2.26. The standard InChI is InChI=1S/C16H32N2O/c1-4-7-8-9-12-17-13-10-15(11-14-17)16(19)18(5-2)6-3/h15H,4-14H2,1-3H3. The van der Waals surface area contributed by atoms with E-state index in [4.69, 9.17) is 0 Å². The topological polar surface area (TPSA) is 23.6 Å². The van der Waals surface area contributed by atoms with E-state index >= 15 is 0 Å². The van der Waals surface area contributed by atoms with Crippen molar-refractivity contribution in [3.8, 4) is 0 Å². The Balaban J connectivity index is 2.22. The van der Waals surface area contributed by atoms with E-state index in [1.54, 1.807) is 0 Å². The smallest absolute Gasteiger partial charge is 0.225 e. The molecule has 1 aliphatic rings. The fourth-order valence-corrected chi connectivity index (χ4v) is 2.96. The summed E-state index contributed by atoms with van der Waals surface area (Å²) in [6.07, 6.45) is 7.46. The van der Waals surface area contributed by atoms with E-state index in [1.165, 1.54) is 32.2 Å². The van der Waals surface area contributed by atoms with Crippen molar-refractivity contribution in [3.63, 3.8) is 0 Å². The zero-order valence-electron chi connectivity index (χ0n) is 13.2. The molecule has 0 atom stereocenters. The van der Waals surface area contributed by atoms with Crippen molar-refractivity contribution in [2.45, 2.75) is 59.3 Å². The van der Waals surface area contributed by atoms with Crippen LogP contribution in [-0.4, -0.2) is 48.4 Å². The summed E-state index contributed by atoms with van der Waals surface area (Å²) in [7, 11) is 0. The van der Waals surface area contributed by atoms with Crippen LogP contribution in [0.2, 0.25) is 0 Å². The molecular weight excluding hydrogens is 236 g/mol. The van der Waals surface area contributed by atoms with Gasteiger partial charge >= 0.3 is 0 Å². The maximum Gasteiger partial charge on any atom is 0.225 e. The van der Waals surface area contributed by atoms with Crippen LogP contribution >= 0.6 is 0 Å². The number of carbonyl (C=O) groups excluding carboxylic acids is 1. The molecule has 3 heteroatoms. The van der Waals surface area contributed by atoms with Gasteiger partial charge in [0.05, 0.1) is 0 Å². The summed E-state index contributed by atoms with van der Waals surface area (Å²) in [5.41, 5.74) is 0. The van der Waals surface area contributed by atoms with E-state index in [0.29, 0.717) is 5.91 Å². The van der Waals surface area contributed by atoms with Crippen LogP contribution in [0.1, 0.15) is 59.3 Å². The zero-order valence-corrected chi connectivity index (χ0v) is 13.2. The van der Waals surface area contributed by atoms with Gasteiger partial charge in [0, 0.05) is 19.0 Å². The van der Waals surface area contributed by atoms with E-state index in [-0.39, 0.29) is 5.92 Å². The summed E-state index contributed by atoms with van der Waals surface area (Å²) < 4.78 is 0. The molecule has 1 amide bonds. The van der Waals surface area contributed by atoms with Gasteiger partial charge in [-0.2, -0.15) is 0 Å². The summed E-state index contributed by atoms with van der Waals surface area (Å²) in [6, 6.07) is 0. The van der Waals surface area contributed by atoms with Crippen LogP contribution in [0.25, 0.3) is 0 Å². The first-order chi connectivity index (χ1) is 9.22. The molecule has 1 fully saturated rings. The number of carbonyl (C=O) groups is 1. The van der Waals surface area contributed by atoms with Crippen LogP contribution < -0.4 is 0 Å². The van der Waals surface area contributed by atoms with E-state index < -0.39 is 0 Å². The van der Waals surface area contributed by atoms with Gasteiger partial charge in [0.15, 0.2) is 0 Å². The second kappa shape index (κ2) is 9.35. The fraction of sp³-hybridized carbons (Fsp3) is 0.938. The molecule has 0 aromatic rings. The fourth-order valence-electron chi connectivity index (χ4n) is 2.96. The predicted octanol–water partition coefficient (Wildman–Crippen LogP) is 3.15. The SMILES string of the molecule is CCCCCCN1CCC(C(=O)N(CC)CC)CC1. The molecule has 0 aromatic heterocycles. The number of likely N-dealkylation sites (tertiary alicyclic amines) is 1. The number of rotatable bonds is 8. The Labute approximate surface area is 119 Å². The van der Waals surface area contributed by atoms with Crippen LogP contribution in [0.15, 0.2) is 0 Å². The zero-order chi connectivity index (χ0) is 14.1. The van der Waals surface area contributed by atoms with Crippen molar-refractivity contribution < 1.29 is 4.79 Å². The van der Waals surface area contributed by atoms with Gasteiger partial charge in [-0.3, -0.25) is 4.79 Å². The highest BCUT2D eigenvalue weighted by molar-refractivity contribution is 5.78. The molecule has 0 N–H and O–H groups in total. The van der Waals surface area contributed by atoms with Gasteiger partial charge in [-0.15, -0.1) is 0 Å². The molecule has 1 heterocycles. The molecule has 1 aliphatic heterocycles. The van der Waals surface area contributed by atoms with Crippen LogP contribution in [0.4, 0.5) is 0 Å². The van der Waals surface area contributed by atoms with Gasteiger partial charge in [0.25, 0.3) is 0 Å². The minimum Gasteiger partial charge on any atom is -0.343 e. The number of hydrogen-bond donors (Lipinski definition) is 0. The Morgan fingerprint density at radius 1 is 1.05 bits per heavy atom. The predicted molar refractivity (Wildman–Crippen MR) is 81.2 cm³/mol. The molecule has 1 saturated heterocycles. The minimum absolute atomic E-state index is 0.284. The molecule has 0 unspecified atom stereocenters. The van der Waals surface area contributed by atoms with Crippen molar-refractivity contribution in [1.82, 2.24) is 9.80 Å². The lowest BCUT2D eigenvalue weighted by molar-refractivity contribution is -0.136. The molecule has 0 spiro atoms. The largest absolute Gasteiger partial charge is 0.343 e. The summed E-state index contributed by atoms with van der Waals surface area (Å²) in [6.45, 7) is 11.6. The molecule has 0 radical (unpaired) electrons. The third kappa shape index (κ3) is 5.52. The summed E-state index contributed by atoms with van der Waals surface area (Å²) >= 11 is 0. The van der Waals surface area contributed by atoms with Gasteiger partial charge < -0.3 is 9.80 Å². The van der Waals surface area contributed by atoms with Crippen molar-refractivity contribution in [2.75, 3.05) is 32.7 Å². The highest BCUT2D eigenvalue weighted by Crippen LogP contribution is 2.20. The van der Waals surface area contributed by atoms with Gasteiger partial charge in [-0.1, -0.05) is 26.2 Å². The lowest BCUT2D eigenvalue weighted by Crippen LogP contribution is -2.42. The molecule has 1 rings (SSSR count). The van der Waals surface area contributed by atoms with Crippen LogP contribution in [0.5, 0.6) is 0 Å². The number of hydrogen-bond acceptors (Lipinski definition) is 2. The van der Waals surface area contributed by atoms with Crippen LogP contribution in [0.3, 0.4) is 0 Å². The molecule has 3 nitrogen and oxygen atoms in total. The Hall–Kier alpha value is -0.570. The van der Waals surface area contributed by atoms with Gasteiger partial charge in [-0.05, 0) is 52.7 Å². The lowest BCUT2D eigenvalue weighted by Gasteiger charge is -2.33. The highest BCUT2D eigenvalue weighted by atomic mass is 16.2. The summed E-state index contributed by atoms with van der Waals surface area (Å²) in [4.78, 5) is 16.8. The number of unbranched alkanes of at least 4 members (excludes halogenated alkanes) is 3. The molecule has 0 saturated carbocycles. The average Bonchev–Trinajstić information content (AvgIpc) is 2.45. The maximum absolute atomic E-state index is 12.3.